The molecule has 8 nitrogen and oxygen atoms in total. The number of phenols is 3. The molecule has 0 saturated heterocycles. The van der Waals surface area contributed by atoms with Gasteiger partial charge in [-0.25, -0.2) is 9.59 Å². The first-order chi connectivity index (χ1) is 12.8. The van der Waals surface area contributed by atoms with Crippen molar-refractivity contribution >= 4 is 23.2 Å². The van der Waals surface area contributed by atoms with E-state index in [2.05, 4.69) is 0 Å². The van der Waals surface area contributed by atoms with Crippen LogP contribution in [0, 0.1) is 0 Å². The highest BCUT2D eigenvalue weighted by Crippen LogP contribution is 2.20. The van der Waals surface area contributed by atoms with Crippen molar-refractivity contribution in [1.29, 1.82) is 0 Å². The average Bonchev–Trinajstić information content (AvgIpc) is 2.62. The van der Waals surface area contributed by atoms with E-state index >= 15 is 0 Å². The van der Waals surface area contributed by atoms with Crippen molar-refractivity contribution in [2.75, 3.05) is 6.61 Å². The molecule has 3 N–H and O–H groups in total. The van der Waals surface area contributed by atoms with Crippen LogP contribution < -0.4 is 5.63 Å². The number of esters is 1. The quantitative estimate of drug-likeness (QED) is 0.363. The minimum atomic E-state index is -0.776. The molecule has 0 aliphatic carbocycles. The minimum absolute atomic E-state index is 0.00969. The van der Waals surface area contributed by atoms with Crippen LogP contribution in [0.4, 0.5) is 0 Å². The predicted octanol–water partition coefficient (Wildman–Crippen LogP) is 2.59. The van der Waals surface area contributed by atoms with Crippen molar-refractivity contribution in [3.63, 3.8) is 0 Å². The van der Waals surface area contributed by atoms with E-state index < -0.39 is 11.6 Å². The first kappa shape index (κ1) is 19.5. The Kier molecular flexibility index (Phi) is 6.16. The molecule has 0 unspecified atom stereocenters. The Balaban J connectivity index is 0.000000223. The summed E-state index contributed by atoms with van der Waals surface area (Å²) in [4.78, 5) is 33.1. The normalized spacial score (nSPS) is 9.96. The number of fused-ring (bicyclic) bond motifs is 1. The molecule has 0 radical (unpaired) electrons. The van der Waals surface area contributed by atoms with Gasteiger partial charge in [-0.15, -0.1) is 0 Å². The highest BCUT2D eigenvalue weighted by molar-refractivity contribution is 5.93. The summed E-state index contributed by atoms with van der Waals surface area (Å²) in [6.45, 7) is 1.84. The number of rotatable bonds is 3. The maximum absolute atomic E-state index is 11.5. The molecule has 0 saturated carbocycles. The maximum Gasteiger partial charge on any atom is 0.351 e. The van der Waals surface area contributed by atoms with Crippen molar-refractivity contribution in [3.8, 4) is 17.2 Å². The first-order valence-corrected chi connectivity index (χ1v) is 7.77. The summed E-state index contributed by atoms with van der Waals surface area (Å²) < 4.78 is 9.66. The summed E-state index contributed by atoms with van der Waals surface area (Å²) in [6.07, 6.45) is 0.523. The van der Waals surface area contributed by atoms with Gasteiger partial charge in [0.05, 0.1) is 12.2 Å². The molecule has 0 fully saturated rings. The van der Waals surface area contributed by atoms with Crippen LogP contribution in [0.3, 0.4) is 0 Å². The number of hydrogen-bond acceptors (Lipinski definition) is 8. The molecule has 3 rings (SSSR count). The molecule has 0 aliphatic heterocycles. The van der Waals surface area contributed by atoms with E-state index in [0.29, 0.717) is 11.7 Å². The van der Waals surface area contributed by atoms with Crippen LogP contribution in [0.1, 0.15) is 27.6 Å². The lowest BCUT2D eigenvalue weighted by atomic mass is 10.2. The average molecular weight is 372 g/mol. The number of carbonyl (C=O) groups is 2. The zero-order chi connectivity index (χ0) is 20.0. The van der Waals surface area contributed by atoms with Gasteiger partial charge in [-0.3, -0.25) is 4.79 Å². The second kappa shape index (κ2) is 8.52. The predicted molar refractivity (Wildman–Crippen MR) is 95.3 cm³/mol. The summed E-state index contributed by atoms with van der Waals surface area (Å²) in [7, 11) is 0. The molecule has 2 aromatic carbocycles. The number of carbonyl (C=O) groups excluding carboxylic acids is 2. The van der Waals surface area contributed by atoms with Crippen molar-refractivity contribution in [2.24, 2.45) is 0 Å². The van der Waals surface area contributed by atoms with Crippen molar-refractivity contribution in [3.05, 3.63) is 64.0 Å². The Labute approximate surface area is 152 Å². The molecule has 0 spiro atoms. The fourth-order valence-electron chi connectivity index (χ4n) is 2.08. The number of benzene rings is 2. The highest BCUT2D eigenvalue weighted by Gasteiger charge is 2.14. The highest BCUT2D eigenvalue weighted by atomic mass is 16.5. The summed E-state index contributed by atoms with van der Waals surface area (Å²) in [5.74, 6) is -0.973. The van der Waals surface area contributed by atoms with Crippen LogP contribution in [0.2, 0.25) is 0 Å². The van der Waals surface area contributed by atoms with Crippen LogP contribution in [0.5, 0.6) is 17.2 Å². The molecule has 140 valence electrons. The van der Waals surface area contributed by atoms with Gasteiger partial charge in [0.2, 0.25) is 0 Å². The number of hydrogen-bond donors (Lipinski definition) is 3. The zero-order valence-electron chi connectivity index (χ0n) is 14.2. The monoisotopic (exact) mass is 372 g/mol. The van der Waals surface area contributed by atoms with Crippen molar-refractivity contribution in [1.82, 2.24) is 0 Å². The maximum atomic E-state index is 11.5. The lowest BCUT2D eigenvalue weighted by Gasteiger charge is -2.02. The zero-order valence-corrected chi connectivity index (χ0v) is 14.2. The van der Waals surface area contributed by atoms with Crippen LogP contribution in [-0.2, 0) is 4.74 Å². The van der Waals surface area contributed by atoms with Gasteiger partial charge in [0.1, 0.15) is 28.4 Å². The Hall–Kier alpha value is -3.81. The van der Waals surface area contributed by atoms with E-state index in [1.807, 2.05) is 0 Å². The molecule has 0 amide bonds. The van der Waals surface area contributed by atoms with Crippen LogP contribution >= 0.6 is 0 Å². The molecule has 0 aliphatic rings. The SMILES string of the molecule is CCOC(=O)c1cc2ccc(O)cc2oc1=O.O=Cc1ccc(O)cc1O. The molecule has 27 heavy (non-hydrogen) atoms. The molecule has 0 bridgehead atoms. The molecule has 8 heteroatoms. The fraction of sp³-hybridized carbons (Fsp3) is 0.105. The minimum Gasteiger partial charge on any atom is -0.508 e. The van der Waals surface area contributed by atoms with E-state index in [4.69, 9.17) is 19.4 Å². The standard InChI is InChI=1S/C12H10O5.C7H6O3/c1-2-16-11(14)9-5-7-3-4-8(13)6-10(7)17-12(9)15;8-4-5-1-2-6(9)3-7(5)10/h3-6,13H,2H2,1H3;1-4,9-10H. The van der Waals surface area contributed by atoms with E-state index in [1.54, 1.807) is 13.0 Å². The van der Waals surface area contributed by atoms with Crippen LogP contribution in [-0.4, -0.2) is 34.2 Å². The Morgan fingerprint density at radius 3 is 2.37 bits per heavy atom. The molecular weight excluding hydrogens is 356 g/mol. The fourth-order valence-corrected chi connectivity index (χ4v) is 2.08. The van der Waals surface area contributed by atoms with Gasteiger partial charge in [-0.05, 0) is 37.3 Å². The smallest absolute Gasteiger partial charge is 0.351 e. The molecular formula is C19H16O8. The van der Waals surface area contributed by atoms with Gasteiger partial charge < -0.3 is 24.5 Å². The first-order valence-electron chi connectivity index (χ1n) is 7.77. The number of aromatic hydroxyl groups is 3. The van der Waals surface area contributed by atoms with Gasteiger partial charge in [-0.1, -0.05) is 0 Å². The molecule has 1 heterocycles. The lowest BCUT2D eigenvalue weighted by Crippen LogP contribution is -2.16. The van der Waals surface area contributed by atoms with E-state index in [9.17, 15) is 19.5 Å². The number of aldehydes is 1. The summed E-state index contributed by atoms with van der Waals surface area (Å²) in [5, 5.41) is 27.4. The third-order valence-electron chi connectivity index (χ3n) is 3.36. The second-order valence-corrected chi connectivity index (χ2v) is 5.25. The van der Waals surface area contributed by atoms with Gasteiger partial charge in [0, 0.05) is 17.5 Å². The third kappa shape index (κ3) is 4.85. The van der Waals surface area contributed by atoms with Gasteiger partial charge in [0.25, 0.3) is 0 Å². The summed E-state index contributed by atoms with van der Waals surface area (Å²) in [6, 6.07) is 9.49. The van der Waals surface area contributed by atoms with Crippen LogP contribution in [0.25, 0.3) is 11.0 Å². The molecule has 1 aromatic heterocycles. The van der Waals surface area contributed by atoms with E-state index in [0.717, 1.165) is 6.07 Å². The second-order valence-electron chi connectivity index (χ2n) is 5.25. The lowest BCUT2D eigenvalue weighted by molar-refractivity contribution is 0.0521. The van der Waals surface area contributed by atoms with Gasteiger partial charge >= 0.3 is 11.6 Å². The topological polar surface area (TPSA) is 134 Å². The van der Waals surface area contributed by atoms with Crippen molar-refractivity contribution < 1.29 is 34.1 Å². The van der Waals surface area contributed by atoms with Gasteiger partial charge in [0.15, 0.2) is 6.29 Å². The van der Waals surface area contributed by atoms with E-state index in [-0.39, 0.29) is 40.6 Å². The number of ether oxygens (including phenoxy) is 1. The van der Waals surface area contributed by atoms with Crippen molar-refractivity contribution in [2.45, 2.75) is 6.92 Å². The molecule has 3 aromatic rings. The summed E-state index contributed by atoms with van der Waals surface area (Å²) in [5.41, 5.74) is -0.521. The third-order valence-corrected chi connectivity index (χ3v) is 3.36. The largest absolute Gasteiger partial charge is 0.508 e. The van der Waals surface area contributed by atoms with E-state index in [1.165, 1.54) is 30.3 Å². The number of phenolic OH excluding ortho intramolecular Hbond substituents is 3. The Bertz CT molecular complexity index is 1040. The Morgan fingerprint density at radius 1 is 1.07 bits per heavy atom. The Morgan fingerprint density at radius 2 is 1.74 bits per heavy atom. The molecule has 0 atom stereocenters. The van der Waals surface area contributed by atoms with Gasteiger partial charge in [-0.2, -0.15) is 0 Å². The summed E-state index contributed by atoms with van der Waals surface area (Å²) >= 11 is 0. The van der Waals surface area contributed by atoms with Crippen LogP contribution in [0.15, 0.2) is 51.7 Å².